The highest BCUT2D eigenvalue weighted by Gasteiger charge is 2.21. The summed E-state index contributed by atoms with van der Waals surface area (Å²) in [4.78, 5) is 8.89. The molecule has 0 N–H and O–H groups in total. The molecule has 0 spiro atoms. The Bertz CT molecular complexity index is 989. The number of nitriles is 1. The summed E-state index contributed by atoms with van der Waals surface area (Å²) in [5, 5.41) is 9.42. The van der Waals surface area contributed by atoms with Crippen LogP contribution in [0.2, 0.25) is 5.02 Å². The summed E-state index contributed by atoms with van der Waals surface area (Å²) in [6.07, 6.45) is 4.48. The van der Waals surface area contributed by atoms with Crippen LogP contribution in [-0.2, 0) is 4.74 Å². The van der Waals surface area contributed by atoms with Crippen molar-refractivity contribution < 1.29 is 9.13 Å². The Hall–Kier alpha value is -2.49. The third kappa shape index (κ3) is 2.76. The van der Waals surface area contributed by atoms with E-state index in [1.54, 1.807) is 24.5 Å². The van der Waals surface area contributed by atoms with Gasteiger partial charge in [-0.25, -0.2) is 14.4 Å². The van der Waals surface area contributed by atoms with E-state index >= 15 is 0 Å². The second-order valence-electron chi connectivity index (χ2n) is 5.91. The number of rotatable bonds is 2. The van der Waals surface area contributed by atoms with Gasteiger partial charge >= 0.3 is 0 Å². The molecule has 1 aromatic carbocycles. The van der Waals surface area contributed by atoms with Crippen LogP contribution in [0.25, 0.3) is 22.4 Å². The molecule has 126 valence electrons. The van der Waals surface area contributed by atoms with Gasteiger partial charge in [-0.3, -0.25) is 4.57 Å². The van der Waals surface area contributed by atoms with Crippen LogP contribution in [0.1, 0.15) is 31.1 Å². The van der Waals surface area contributed by atoms with Crippen molar-refractivity contribution in [1.82, 2.24) is 14.5 Å². The van der Waals surface area contributed by atoms with Gasteiger partial charge in [-0.2, -0.15) is 5.26 Å². The minimum absolute atomic E-state index is 0.0281. The second kappa shape index (κ2) is 6.43. The van der Waals surface area contributed by atoms with E-state index in [4.69, 9.17) is 21.6 Å². The van der Waals surface area contributed by atoms with Gasteiger partial charge in [-0.1, -0.05) is 17.7 Å². The lowest BCUT2D eigenvalue weighted by Gasteiger charge is -2.23. The third-order valence-corrected chi connectivity index (χ3v) is 4.63. The van der Waals surface area contributed by atoms with Crippen LogP contribution in [-0.4, -0.2) is 21.1 Å². The highest BCUT2D eigenvalue weighted by atomic mass is 35.5. The molecule has 3 aromatic rings. The van der Waals surface area contributed by atoms with Crippen molar-refractivity contribution in [2.75, 3.05) is 6.61 Å². The molecule has 0 amide bonds. The number of benzene rings is 1. The number of fused-ring (bicyclic) bond motifs is 1. The Morgan fingerprint density at radius 2 is 2.24 bits per heavy atom. The summed E-state index contributed by atoms with van der Waals surface area (Å²) in [7, 11) is 0. The van der Waals surface area contributed by atoms with E-state index in [2.05, 4.69) is 9.97 Å². The molecular weight excluding hydrogens is 343 g/mol. The molecule has 0 radical (unpaired) electrons. The minimum atomic E-state index is -0.604. The van der Waals surface area contributed by atoms with Crippen molar-refractivity contribution in [2.24, 2.45) is 0 Å². The number of pyridine rings is 1. The molecule has 0 saturated carbocycles. The number of hydrogen-bond acceptors (Lipinski definition) is 4. The number of aromatic nitrogens is 3. The van der Waals surface area contributed by atoms with Gasteiger partial charge in [0.15, 0.2) is 5.65 Å². The standard InChI is InChI=1S/C18H14ClFN4O/c19-13-8-14(12-5-3-4-11(9-21)16(12)20)23-18-17(13)22-10-24(18)15-6-1-2-7-25-15/h3-5,8,10,15H,1-2,6-7H2. The van der Waals surface area contributed by atoms with Gasteiger partial charge in [0.25, 0.3) is 0 Å². The number of imidazole rings is 1. The second-order valence-corrected chi connectivity index (χ2v) is 6.32. The molecule has 1 aliphatic heterocycles. The Morgan fingerprint density at radius 1 is 1.36 bits per heavy atom. The van der Waals surface area contributed by atoms with Crippen LogP contribution in [0.3, 0.4) is 0 Å². The Labute approximate surface area is 148 Å². The predicted octanol–water partition coefficient (Wildman–Crippen LogP) is 4.46. The van der Waals surface area contributed by atoms with Gasteiger partial charge in [0.05, 0.1) is 22.6 Å². The quantitative estimate of drug-likeness (QED) is 0.680. The Kier molecular flexibility index (Phi) is 4.12. The largest absolute Gasteiger partial charge is 0.358 e. The van der Waals surface area contributed by atoms with E-state index in [1.807, 2.05) is 10.6 Å². The van der Waals surface area contributed by atoms with Crippen LogP contribution in [0.4, 0.5) is 4.39 Å². The van der Waals surface area contributed by atoms with Crippen molar-refractivity contribution in [1.29, 1.82) is 5.26 Å². The van der Waals surface area contributed by atoms with Crippen LogP contribution >= 0.6 is 11.6 Å². The van der Waals surface area contributed by atoms with Gasteiger partial charge in [-0.15, -0.1) is 0 Å². The molecule has 2 aromatic heterocycles. The normalized spacial score (nSPS) is 17.6. The lowest BCUT2D eigenvalue weighted by Crippen LogP contribution is -2.17. The molecule has 1 fully saturated rings. The Morgan fingerprint density at radius 3 is 3.00 bits per heavy atom. The van der Waals surface area contributed by atoms with E-state index in [0.29, 0.717) is 28.5 Å². The molecule has 25 heavy (non-hydrogen) atoms. The zero-order valence-corrected chi connectivity index (χ0v) is 14.0. The van der Waals surface area contributed by atoms with Gasteiger partial charge in [-0.05, 0) is 37.5 Å². The fourth-order valence-corrected chi connectivity index (χ4v) is 3.31. The van der Waals surface area contributed by atoms with Crippen molar-refractivity contribution in [3.8, 4) is 17.3 Å². The molecule has 1 atom stereocenters. The molecule has 1 aliphatic rings. The summed E-state index contributed by atoms with van der Waals surface area (Å²) >= 11 is 6.35. The van der Waals surface area contributed by atoms with Crippen molar-refractivity contribution >= 4 is 22.8 Å². The van der Waals surface area contributed by atoms with Crippen LogP contribution in [0.5, 0.6) is 0 Å². The SMILES string of the molecule is N#Cc1cccc(-c2cc(Cl)c3ncn(C4CCCCO4)c3n2)c1F. The average Bonchev–Trinajstić information content (AvgIpc) is 3.07. The average molecular weight is 357 g/mol. The molecule has 7 heteroatoms. The fourth-order valence-electron chi connectivity index (χ4n) is 3.08. The molecule has 1 unspecified atom stereocenters. The first-order chi connectivity index (χ1) is 12.2. The zero-order chi connectivity index (χ0) is 17.4. The summed E-state index contributed by atoms with van der Waals surface area (Å²) < 4.78 is 22.2. The topological polar surface area (TPSA) is 63.7 Å². The maximum atomic E-state index is 14.5. The number of halogens is 2. The highest BCUT2D eigenvalue weighted by molar-refractivity contribution is 6.35. The monoisotopic (exact) mass is 356 g/mol. The van der Waals surface area contributed by atoms with E-state index in [1.165, 1.54) is 6.07 Å². The molecule has 1 saturated heterocycles. The summed E-state index contributed by atoms with van der Waals surface area (Å²) in [6, 6.07) is 8.05. The summed E-state index contributed by atoms with van der Waals surface area (Å²) in [5.41, 5.74) is 1.68. The number of ether oxygens (including phenoxy) is 1. The highest BCUT2D eigenvalue weighted by Crippen LogP contribution is 2.32. The summed E-state index contributed by atoms with van der Waals surface area (Å²) in [5.74, 6) is -0.604. The number of nitrogens with zero attached hydrogens (tertiary/aromatic N) is 4. The van der Waals surface area contributed by atoms with E-state index in [0.717, 1.165) is 19.3 Å². The fraction of sp³-hybridized carbons (Fsp3) is 0.278. The van der Waals surface area contributed by atoms with Crippen LogP contribution < -0.4 is 0 Å². The van der Waals surface area contributed by atoms with Crippen molar-refractivity contribution in [2.45, 2.75) is 25.5 Å². The molecule has 4 rings (SSSR count). The lowest BCUT2D eigenvalue weighted by molar-refractivity contribution is -0.0298. The van der Waals surface area contributed by atoms with E-state index in [9.17, 15) is 4.39 Å². The molecule has 0 bridgehead atoms. The van der Waals surface area contributed by atoms with Gasteiger partial charge in [0.1, 0.15) is 23.6 Å². The minimum Gasteiger partial charge on any atom is -0.358 e. The smallest absolute Gasteiger partial charge is 0.164 e. The number of hydrogen-bond donors (Lipinski definition) is 0. The van der Waals surface area contributed by atoms with Gasteiger partial charge in [0.2, 0.25) is 0 Å². The first kappa shape index (κ1) is 16.0. The van der Waals surface area contributed by atoms with Crippen LogP contribution in [0.15, 0.2) is 30.6 Å². The molecule has 0 aliphatic carbocycles. The summed E-state index contributed by atoms with van der Waals surface area (Å²) in [6.45, 7) is 0.691. The third-order valence-electron chi connectivity index (χ3n) is 4.34. The molecular formula is C18H14ClFN4O. The Balaban J connectivity index is 1.88. The van der Waals surface area contributed by atoms with Gasteiger partial charge in [0, 0.05) is 12.2 Å². The van der Waals surface area contributed by atoms with E-state index < -0.39 is 5.82 Å². The first-order valence-corrected chi connectivity index (χ1v) is 8.40. The van der Waals surface area contributed by atoms with Crippen LogP contribution in [0, 0.1) is 17.1 Å². The van der Waals surface area contributed by atoms with E-state index in [-0.39, 0.29) is 17.4 Å². The zero-order valence-electron chi connectivity index (χ0n) is 13.2. The maximum absolute atomic E-state index is 14.5. The lowest BCUT2D eigenvalue weighted by atomic mass is 10.1. The van der Waals surface area contributed by atoms with Crippen molar-refractivity contribution in [3.63, 3.8) is 0 Å². The van der Waals surface area contributed by atoms with Crippen molar-refractivity contribution in [3.05, 3.63) is 47.0 Å². The molecule has 3 heterocycles. The van der Waals surface area contributed by atoms with Gasteiger partial charge < -0.3 is 4.74 Å². The predicted molar refractivity (Wildman–Crippen MR) is 91.5 cm³/mol. The molecule has 5 nitrogen and oxygen atoms in total. The maximum Gasteiger partial charge on any atom is 0.164 e. The first-order valence-electron chi connectivity index (χ1n) is 8.02.